The fraction of sp³-hybridized carbons (Fsp3) is 0.692. The summed E-state index contributed by atoms with van der Waals surface area (Å²) < 4.78 is 1.95. The van der Waals surface area contributed by atoms with Crippen molar-refractivity contribution < 1.29 is 4.79 Å². The molecule has 0 aliphatic carbocycles. The van der Waals surface area contributed by atoms with Gasteiger partial charge in [0.2, 0.25) is 5.91 Å². The molecule has 2 N–H and O–H groups in total. The third kappa shape index (κ3) is 4.14. The van der Waals surface area contributed by atoms with Gasteiger partial charge in [-0.1, -0.05) is 0 Å². The molecule has 0 saturated heterocycles. The highest BCUT2D eigenvalue weighted by Gasteiger charge is 2.13. The molecular weight excluding hydrogens is 228 g/mol. The summed E-state index contributed by atoms with van der Waals surface area (Å²) in [6.45, 7) is 11.3. The van der Waals surface area contributed by atoms with Crippen LogP contribution in [0.2, 0.25) is 0 Å². The summed E-state index contributed by atoms with van der Waals surface area (Å²) in [7, 11) is 0. The van der Waals surface area contributed by atoms with Gasteiger partial charge in [-0.25, -0.2) is 0 Å². The molecule has 0 spiro atoms. The van der Waals surface area contributed by atoms with Crippen LogP contribution in [-0.2, 0) is 17.9 Å². The summed E-state index contributed by atoms with van der Waals surface area (Å²) in [5.74, 6) is 0.0317. The Morgan fingerprint density at radius 3 is 2.67 bits per heavy atom. The Hall–Kier alpha value is -1.36. The number of amides is 1. The second-order valence-electron chi connectivity index (χ2n) is 4.86. The van der Waals surface area contributed by atoms with Crippen LogP contribution < -0.4 is 10.6 Å². The van der Waals surface area contributed by atoms with Crippen LogP contribution in [-0.4, -0.2) is 27.8 Å². The zero-order valence-corrected chi connectivity index (χ0v) is 11.9. The SMILES string of the molecule is CCn1nc(C)cc1CNC(C)C(=O)NC(C)C. The van der Waals surface area contributed by atoms with Crippen LogP contribution in [0.15, 0.2) is 6.07 Å². The van der Waals surface area contributed by atoms with Crippen molar-refractivity contribution in [1.82, 2.24) is 20.4 Å². The van der Waals surface area contributed by atoms with E-state index in [0.29, 0.717) is 6.54 Å². The predicted molar refractivity (Wildman–Crippen MR) is 72.2 cm³/mol. The van der Waals surface area contributed by atoms with Gasteiger partial charge >= 0.3 is 0 Å². The van der Waals surface area contributed by atoms with Gasteiger partial charge in [-0.05, 0) is 40.7 Å². The standard InChI is InChI=1S/C13H24N4O/c1-6-17-12(7-10(4)16-17)8-14-11(5)13(18)15-9(2)3/h7,9,11,14H,6,8H2,1-5H3,(H,15,18). The lowest BCUT2D eigenvalue weighted by Crippen LogP contribution is -2.44. The van der Waals surface area contributed by atoms with Crippen LogP contribution in [0.25, 0.3) is 0 Å². The summed E-state index contributed by atoms with van der Waals surface area (Å²) in [6, 6.07) is 2.02. The maximum absolute atomic E-state index is 11.7. The highest BCUT2D eigenvalue weighted by molar-refractivity contribution is 5.81. The molecule has 5 nitrogen and oxygen atoms in total. The third-order valence-corrected chi connectivity index (χ3v) is 2.70. The average Bonchev–Trinajstić information content (AvgIpc) is 2.65. The number of rotatable bonds is 6. The van der Waals surface area contributed by atoms with Gasteiger partial charge in [-0.15, -0.1) is 0 Å². The van der Waals surface area contributed by atoms with E-state index in [9.17, 15) is 4.79 Å². The van der Waals surface area contributed by atoms with Gasteiger partial charge < -0.3 is 10.6 Å². The summed E-state index contributed by atoms with van der Waals surface area (Å²) in [5, 5.41) is 10.5. The molecule has 5 heteroatoms. The lowest BCUT2D eigenvalue weighted by Gasteiger charge is -2.16. The molecule has 1 amide bonds. The molecule has 0 radical (unpaired) electrons. The van der Waals surface area contributed by atoms with Crippen LogP contribution in [0.5, 0.6) is 0 Å². The van der Waals surface area contributed by atoms with Crippen molar-refractivity contribution >= 4 is 5.91 Å². The summed E-state index contributed by atoms with van der Waals surface area (Å²) in [4.78, 5) is 11.7. The first-order valence-electron chi connectivity index (χ1n) is 6.51. The molecule has 0 fully saturated rings. The van der Waals surface area contributed by atoms with Crippen LogP contribution in [0.3, 0.4) is 0 Å². The smallest absolute Gasteiger partial charge is 0.237 e. The Balaban J connectivity index is 2.51. The van der Waals surface area contributed by atoms with Crippen molar-refractivity contribution in [2.24, 2.45) is 0 Å². The second kappa shape index (κ2) is 6.54. The highest BCUT2D eigenvalue weighted by Crippen LogP contribution is 2.03. The number of nitrogens with one attached hydrogen (secondary N) is 2. The van der Waals surface area contributed by atoms with E-state index in [1.807, 2.05) is 38.4 Å². The number of hydrogen-bond donors (Lipinski definition) is 2. The van der Waals surface area contributed by atoms with Gasteiger partial charge in [0.15, 0.2) is 0 Å². The van der Waals surface area contributed by atoms with Crippen LogP contribution in [0.1, 0.15) is 39.1 Å². The monoisotopic (exact) mass is 252 g/mol. The zero-order chi connectivity index (χ0) is 13.7. The Bertz CT molecular complexity index is 398. The molecule has 1 atom stereocenters. The maximum Gasteiger partial charge on any atom is 0.237 e. The van der Waals surface area contributed by atoms with Gasteiger partial charge in [0, 0.05) is 19.1 Å². The Morgan fingerprint density at radius 1 is 1.44 bits per heavy atom. The molecule has 1 unspecified atom stereocenters. The van der Waals surface area contributed by atoms with Gasteiger partial charge in [0.25, 0.3) is 0 Å². The minimum absolute atomic E-state index is 0.0317. The van der Waals surface area contributed by atoms with Crippen LogP contribution in [0.4, 0.5) is 0 Å². The predicted octanol–water partition coefficient (Wildman–Crippen LogP) is 1.21. The summed E-state index contributed by atoms with van der Waals surface area (Å²) >= 11 is 0. The van der Waals surface area contributed by atoms with Crippen molar-refractivity contribution in [2.45, 2.75) is 59.8 Å². The van der Waals surface area contributed by atoms with E-state index in [4.69, 9.17) is 0 Å². The molecule has 0 saturated carbocycles. The number of carbonyl (C=O) groups is 1. The quantitative estimate of drug-likeness (QED) is 0.800. The molecule has 1 heterocycles. The largest absolute Gasteiger partial charge is 0.353 e. The Labute approximate surface area is 109 Å². The van der Waals surface area contributed by atoms with E-state index in [0.717, 1.165) is 17.9 Å². The molecule has 1 aromatic heterocycles. The van der Waals surface area contributed by atoms with E-state index in [1.54, 1.807) is 0 Å². The Morgan fingerprint density at radius 2 is 2.11 bits per heavy atom. The van der Waals surface area contributed by atoms with Crippen LogP contribution >= 0.6 is 0 Å². The molecule has 1 rings (SSSR count). The summed E-state index contributed by atoms with van der Waals surface area (Å²) in [6.07, 6.45) is 0. The molecule has 0 aromatic carbocycles. The molecule has 0 aliphatic rings. The molecule has 0 bridgehead atoms. The van der Waals surface area contributed by atoms with E-state index >= 15 is 0 Å². The van der Waals surface area contributed by atoms with E-state index in [1.165, 1.54) is 0 Å². The highest BCUT2D eigenvalue weighted by atomic mass is 16.2. The molecule has 102 valence electrons. The topological polar surface area (TPSA) is 59.0 Å². The lowest BCUT2D eigenvalue weighted by atomic mass is 10.2. The second-order valence-corrected chi connectivity index (χ2v) is 4.86. The minimum Gasteiger partial charge on any atom is -0.353 e. The molecule has 0 aliphatic heterocycles. The summed E-state index contributed by atoms with van der Waals surface area (Å²) in [5.41, 5.74) is 2.12. The van der Waals surface area contributed by atoms with Gasteiger partial charge in [0.1, 0.15) is 0 Å². The zero-order valence-electron chi connectivity index (χ0n) is 11.9. The van der Waals surface area contributed by atoms with Crippen molar-refractivity contribution in [3.8, 4) is 0 Å². The number of hydrogen-bond acceptors (Lipinski definition) is 3. The van der Waals surface area contributed by atoms with Gasteiger partial charge in [-0.3, -0.25) is 9.48 Å². The normalized spacial score (nSPS) is 12.8. The molecular formula is C13H24N4O. The fourth-order valence-corrected chi connectivity index (χ4v) is 1.78. The fourth-order valence-electron chi connectivity index (χ4n) is 1.78. The number of nitrogens with zero attached hydrogens (tertiary/aromatic N) is 2. The van der Waals surface area contributed by atoms with E-state index < -0.39 is 0 Å². The number of aromatic nitrogens is 2. The van der Waals surface area contributed by atoms with Crippen molar-refractivity contribution in [2.75, 3.05) is 0 Å². The first-order valence-corrected chi connectivity index (χ1v) is 6.51. The van der Waals surface area contributed by atoms with Crippen molar-refractivity contribution in [3.05, 3.63) is 17.5 Å². The third-order valence-electron chi connectivity index (χ3n) is 2.70. The van der Waals surface area contributed by atoms with Crippen molar-refractivity contribution in [3.63, 3.8) is 0 Å². The Kier molecular flexibility index (Phi) is 5.34. The number of carbonyl (C=O) groups excluding carboxylic acids is 1. The van der Waals surface area contributed by atoms with Gasteiger partial charge in [0.05, 0.1) is 17.4 Å². The van der Waals surface area contributed by atoms with E-state index in [-0.39, 0.29) is 18.0 Å². The van der Waals surface area contributed by atoms with Crippen LogP contribution in [0, 0.1) is 6.92 Å². The maximum atomic E-state index is 11.7. The molecule has 18 heavy (non-hydrogen) atoms. The van der Waals surface area contributed by atoms with Crippen molar-refractivity contribution in [1.29, 1.82) is 0 Å². The lowest BCUT2D eigenvalue weighted by molar-refractivity contribution is -0.123. The first-order chi connectivity index (χ1) is 8.43. The molecule has 1 aromatic rings. The van der Waals surface area contributed by atoms with E-state index in [2.05, 4.69) is 22.7 Å². The first kappa shape index (κ1) is 14.7. The number of aryl methyl sites for hydroxylation is 2. The minimum atomic E-state index is -0.201. The van der Waals surface area contributed by atoms with Gasteiger partial charge in [-0.2, -0.15) is 5.10 Å². The average molecular weight is 252 g/mol.